The van der Waals surface area contributed by atoms with E-state index in [4.69, 9.17) is 9.15 Å². The molecular formula is C29H27F4N3O5S. The maximum Gasteiger partial charge on any atom is 0.416 e. The van der Waals surface area contributed by atoms with Gasteiger partial charge in [0.15, 0.2) is 0 Å². The molecule has 0 bridgehead atoms. The second kappa shape index (κ2) is 12.1. The van der Waals surface area contributed by atoms with Crippen molar-refractivity contribution in [2.24, 2.45) is 0 Å². The van der Waals surface area contributed by atoms with E-state index in [9.17, 15) is 30.8 Å². The maximum absolute atomic E-state index is 14.3. The second-order valence-electron chi connectivity index (χ2n) is 9.94. The van der Waals surface area contributed by atoms with Gasteiger partial charge in [-0.15, -0.1) is 0 Å². The van der Waals surface area contributed by atoms with Crippen molar-refractivity contribution in [2.45, 2.75) is 55.7 Å². The normalized spacial score (nSPS) is 15.7. The molecule has 13 heteroatoms. The van der Waals surface area contributed by atoms with E-state index in [1.54, 1.807) is 12.1 Å². The van der Waals surface area contributed by atoms with Crippen LogP contribution in [-0.4, -0.2) is 41.5 Å². The average molecular weight is 606 g/mol. The molecule has 2 aromatic carbocycles. The van der Waals surface area contributed by atoms with Crippen LogP contribution >= 0.6 is 0 Å². The lowest BCUT2D eigenvalue weighted by Crippen LogP contribution is -2.32. The first kappa shape index (κ1) is 29.5. The molecule has 0 aliphatic carbocycles. The molecular weight excluding hydrogens is 578 g/mol. The van der Waals surface area contributed by atoms with Crippen molar-refractivity contribution in [3.05, 3.63) is 107 Å². The number of hydrogen-bond donors (Lipinski definition) is 0. The molecule has 0 saturated carbocycles. The van der Waals surface area contributed by atoms with Crippen LogP contribution in [0, 0.1) is 5.82 Å². The first-order valence-corrected chi connectivity index (χ1v) is 14.8. The summed E-state index contributed by atoms with van der Waals surface area (Å²) in [6.45, 7) is 0.456. The van der Waals surface area contributed by atoms with Crippen LogP contribution in [0.4, 0.5) is 17.6 Å². The lowest BCUT2D eigenvalue weighted by atomic mass is 10.1. The molecule has 5 rings (SSSR count). The smallest absolute Gasteiger partial charge is 0.416 e. The number of aromatic nitrogens is 2. The molecule has 0 unspecified atom stereocenters. The number of rotatable bonds is 10. The van der Waals surface area contributed by atoms with Gasteiger partial charge in [0.25, 0.3) is 5.91 Å². The van der Waals surface area contributed by atoms with E-state index in [0.29, 0.717) is 24.5 Å². The Labute approximate surface area is 239 Å². The molecule has 0 spiro atoms. The average Bonchev–Trinajstić information content (AvgIpc) is 3.73. The van der Waals surface area contributed by atoms with Crippen LogP contribution in [0.3, 0.4) is 0 Å². The van der Waals surface area contributed by atoms with Crippen LogP contribution in [-0.2, 0) is 46.1 Å². The SMILES string of the molecule is O=C(c1ccc(C(F)(F)F)cc1)N(Cc1ccco1)Cc1cnc(S(=O)(=O)Cc2ccccc2F)n1C[C@@H]1CCCO1. The van der Waals surface area contributed by atoms with E-state index < -0.39 is 39.1 Å². The van der Waals surface area contributed by atoms with Gasteiger partial charge in [0, 0.05) is 17.7 Å². The summed E-state index contributed by atoms with van der Waals surface area (Å²) in [6, 6.07) is 12.7. The zero-order valence-corrected chi connectivity index (χ0v) is 23.1. The summed E-state index contributed by atoms with van der Waals surface area (Å²) < 4.78 is 93.2. The molecule has 42 heavy (non-hydrogen) atoms. The summed E-state index contributed by atoms with van der Waals surface area (Å²) in [5.74, 6) is -1.47. The highest BCUT2D eigenvalue weighted by Crippen LogP contribution is 2.30. The molecule has 3 heterocycles. The number of furan rings is 1. The number of imidazole rings is 1. The van der Waals surface area contributed by atoms with Gasteiger partial charge < -0.3 is 18.6 Å². The number of amides is 1. The number of hydrogen-bond acceptors (Lipinski definition) is 6. The number of ether oxygens (including phenoxy) is 1. The van der Waals surface area contributed by atoms with Crippen molar-refractivity contribution < 1.29 is 39.9 Å². The van der Waals surface area contributed by atoms with Gasteiger partial charge in [-0.1, -0.05) is 18.2 Å². The number of carbonyl (C=O) groups is 1. The largest absolute Gasteiger partial charge is 0.467 e. The third-order valence-electron chi connectivity index (χ3n) is 6.92. The summed E-state index contributed by atoms with van der Waals surface area (Å²) >= 11 is 0. The van der Waals surface area contributed by atoms with Gasteiger partial charge in [0.2, 0.25) is 15.0 Å². The van der Waals surface area contributed by atoms with E-state index in [0.717, 1.165) is 30.7 Å². The van der Waals surface area contributed by atoms with Gasteiger partial charge in [-0.25, -0.2) is 17.8 Å². The standard InChI is InChI=1S/C29H27F4N3O5S/c30-26-8-2-1-5-21(26)19-42(38,39)28-34-15-23(36(28)18-25-7-4-14-41-25)16-35(17-24-6-3-13-40-24)27(37)20-9-11-22(12-10-20)29(31,32)33/h1-3,5-6,8-13,15,25H,4,7,14,16-19H2/t25-/m0/s1. The molecule has 1 saturated heterocycles. The number of benzene rings is 2. The molecule has 1 atom stereocenters. The second-order valence-corrected chi connectivity index (χ2v) is 11.8. The molecule has 4 aromatic rings. The van der Waals surface area contributed by atoms with E-state index in [1.165, 1.54) is 46.2 Å². The van der Waals surface area contributed by atoms with Crippen molar-refractivity contribution in [2.75, 3.05) is 6.61 Å². The van der Waals surface area contributed by atoms with Crippen LogP contribution in [0.1, 0.15) is 45.8 Å². The van der Waals surface area contributed by atoms with Crippen molar-refractivity contribution in [3.8, 4) is 0 Å². The van der Waals surface area contributed by atoms with Crippen molar-refractivity contribution in [3.63, 3.8) is 0 Å². The van der Waals surface area contributed by atoms with Crippen molar-refractivity contribution in [1.82, 2.24) is 14.5 Å². The predicted octanol–water partition coefficient (Wildman–Crippen LogP) is 5.63. The highest BCUT2D eigenvalue weighted by molar-refractivity contribution is 7.90. The Morgan fingerprint density at radius 1 is 1.05 bits per heavy atom. The minimum absolute atomic E-state index is 0.00662. The number of carbonyl (C=O) groups excluding carboxylic acids is 1. The van der Waals surface area contributed by atoms with Gasteiger partial charge in [0.05, 0.1) is 55.2 Å². The first-order valence-electron chi connectivity index (χ1n) is 13.1. The van der Waals surface area contributed by atoms with E-state index in [1.807, 2.05) is 0 Å². The fraction of sp³-hybridized carbons (Fsp3) is 0.310. The molecule has 1 aliphatic rings. The van der Waals surface area contributed by atoms with E-state index in [2.05, 4.69) is 4.98 Å². The molecule has 8 nitrogen and oxygen atoms in total. The number of nitrogens with zero attached hydrogens (tertiary/aromatic N) is 3. The Kier molecular flexibility index (Phi) is 8.50. The lowest BCUT2D eigenvalue weighted by molar-refractivity contribution is -0.137. The lowest BCUT2D eigenvalue weighted by Gasteiger charge is -2.24. The van der Waals surface area contributed by atoms with Crippen molar-refractivity contribution in [1.29, 1.82) is 0 Å². The zero-order valence-electron chi connectivity index (χ0n) is 22.3. The van der Waals surface area contributed by atoms with Crippen LogP contribution in [0.15, 0.2) is 82.7 Å². The highest BCUT2D eigenvalue weighted by atomic mass is 32.2. The topological polar surface area (TPSA) is 94.6 Å². The van der Waals surface area contributed by atoms with Gasteiger partial charge >= 0.3 is 6.18 Å². The fourth-order valence-corrected chi connectivity index (χ4v) is 6.32. The van der Waals surface area contributed by atoms with Gasteiger partial charge in [0.1, 0.15) is 11.6 Å². The van der Waals surface area contributed by atoms with Crippen LogP contribution in [0.5, 0.6) is 0 Å². The number of sulfone groups is 1. The summed E-state index contributed by atoms with van der Waals surface area (Å²) in [6.07, 6.45) is -0.628. The maximum atomic E-state index is 14.3. The minimum Gasteiger partial charge on any atom is -0.467 e. The third kappa shape index (κ3) is 6.73. The first-order chi connectivity index (χ1) is 20.0. The summed E-state index contributed by atoms with van der Waals surface area (Å²) in [4.78, 5) is 19.1. The van der Waals surface area contributed by atoms with Crippen molar-refractivity contribution >= 4 is 15.7 Å². The summed E-state index contributed by atoms with van der Waals surface area (Å²) in [7, 11) is -4.14. The third-order valence-corrected chi connectivity index (χ3v) is 8.49. The minimum atomic E-state index is -4.56. The Hall–Kier alpha value is -3.97. The number of alkyl halides is 3. The summed E-state index contributed by atoms with van der Waals surface area (Å²) in [5.41, 5.74) is -0.546. The van der Waals surface area contributed by atoms with E-state index in [-0.39, 0.29) is 42.0 Å². The zero-order chi connectivity index (χ0) is 29.9. The van der Waals surface area contributed by atoms with Gasteiger partial charge in [-0.3, -0.25) is 4.79 Å². The molecule has 1 aliphatic heterocycles. The molecule has 2 aromatic heterocycles. The Morgan fingerprint density at radius 2 is 1.81 bits per heavy atom. The van der Waals surface area contributed by atoms with E-state index >= 15 is 0 Å². The Morgan fingerprint density at radius 3 is 2.45 bits per heavy atom. The fourth-order valence-electron chi connectivity index (χ4n) is 4.81. The molecule has 1 amide bonds. The molecule has 0 N–H and O–H groups in total. The monoisotopic (exact) mass is 605 g/mol. The van der Waals surface area contributed by atoms with Crippen LogP contribution < -0.4 is 0 Å². The van der Waals surface area contributed by atoms with Crippen LogP contribution in [0.2, 0.25) is 0 Å². The molecule has 222 valence electrons. The quantitative estimate of drug-likeness (QED) is 0.218. The van der Waals surface area contributed by atoms with Crippen LogP contribution in [0.25, 0.3) is 0 Å². The van der Waals surface area contributed by atoms with Gasteiger partial charge in [-0.2, -0.15) is 13.2 Å². The summed E-state index contributed by atoms with van der Waals surface area (Å²) in [5, 5.41) is -0.295. The highest BCUT2D eigenvalue weighted by Gasteiger charge is 2.32. The molecule has 0 radical (unpaired) electrons. The Bertz CT molecular complexity index is 1630. The Balaban J connectivity index is 1.49. The number of halogens is 4. The van der Waals surface area contributed by atoms with Gasteiger partial charge in [-0.05, 0) is 55.3 Å². The molecule has 1 fully saturated rings. The predicted molar refractivity (Wildman–Crippen MR) is 142 cm³/mol.